The van der Waals surface area contributed by atoms with E-state index < -0.39 is 0 Å². The second-order valence-corrected chi connectivity index (χ2v) is 6.32. The predicted octanol–water partition coefficient (Wildman–Crippen LogP) is 3.87. The number of pyridine rings is 1. The van der Waals surface area contributed by atoms with Crippen molar-refractivity contribution >= 4 is 34.6 Å². The van der Waals surface area contributed by atoms with Crippen LogP contribution < -0.4 is 10.3 Å². The number of ether oxygens (including phenoxy) is 1. The zero-order valence-corrected chi connectivity index (χ0v) is 15.7. The molecule has 0 spiro atoms. The number of nitrogens with zero attached hydrogens (tertiary/aromatic N) is 1. The Labute approximate surface area is 153 Å². The zero-order valence-electron chi connectivity index (χ0n) is 14.2. The van der Waals surface area contributed by atoms with Gasteiger partial charge in [0.25, 0.3) is 0 Å². The van der Waals surface area contributed by atoms with Crippen molar-refractivity contribution in [3.63, 3.8) is 0 Å². The summed E-state index contributed by atoms with van der Waals surface area (Å²) < 4.78 is 5.24. The fourth-order valence-corrected chi connectivity index (χ4v) is 2.96. The minimum atomic E-state index is 0.0841. The maximum atomic E-state index is 6.20. The molecule has 0 bridgehead atoms. The zero-order chi connectivity index (χ0) is 17.5. The van der Waals surface area contributed by atoms with Crippen LogP contribution in [0, 0.1) is 6.92 Å². The molecule has 1 aromatic carbocycles. The fraction of sp³-hybridized carbons (Fsp3) is 0.333. The second kappa shape index (κ2) is 8.97. The summed E-state index contributed by atoms with van der Waals surface area (Å²) in [6.07, 6.45) is 1.91. The lowest BCUT2D eigenvalue weighted by Gasteiger charge is -2.30. The Morgan fingerprint density at radius 1 is 1.33 bits per heavy atom. The molecule has 0 radical (unpaired) electrons. The summed E-state index contributed by atoms with van der Waals surface area (Å²) >= 11 is 11.8. The van der Waals surface area contributed by atoms with E-state index >= 15 is 0 Å². The molecule has 0 amide bonds. The van der Waals surface area contributed by atoms with Crippen molar-refractivity contribution in [2.75, 3.05) is 25.6 Å². The van der Waals surface area contributed by atoms with Gasteiger partial charge in [-0.05, 0) is 43.8 Å². The van der Waals surface area contributed by atoms with Gasteiger partial charge in [-0.15, -0.1) is 0 Å². The van der Waals surface area contributed by atoms with E-state index in [-0.39, 0.29) is 6.04 Å². The summed E-state index contributed by atoms with van der Waals surface area (Å²) in [4.78, 5) is 5.38. The second-order valence-electron chi connectivity index (χ2n) is 5.52. The first-order valence-electron chi connectivity index (χ1n) is 7.83. The van der Waals surface area contributed by atoms with E-state index in [1.165, 1.54) is 0 Å². The number of hydrogen-bond acceptors (Lipinski definition) is 2. The SMILES string of the molecule is COCCN(C(=S)Nc1cccc(Cl)c1C)C(C)c1cccc[nH+]1. The monoisotopic (exact) mass is 364 g/mol. The van der Waals surface area contributed by atoms with Crippen LogP contribution in [-0.4, -0.2) is 30.3 Å². The quantitative estimate of drug-likeness (QED) is 0.790. The molecule has 24 heavy (non-hydrogen) atoms. The number of hydrogen-bond donors (Lipinski definition) is 1. The molecule has 1 aromatic heterocycles. The number of benzene rings is 1. The number of anilines is 1. The Kier molecular flexibility index (Phi) is 6.97. The molecule has 0 aliphatic rings. The maximum absolute atomic E-state index is 6.20. The van der Waals surface area contributed by atoms with Crippen LogP contribution in [0.15, 0.2) is 42.6 Å². The third-order valence-corrected chi connectivity index (χ3v) is 4.70. The Morgan fingerprint density at radius 2 is 2.12 bits per heavy atom. The van der Waals surface area contributed by atoms with Crippen molar-refractivity contribution in [1.29, 1.82) is 0 Å². The summed E-state index contributed by atoms with van der Waals surface area (Å²) in [6, 6.07) is 11.9. The minimum absolute atomic E-state index is 0.0841. The van der Waals surface area contributed by atoms with E-state index in [0.717, 1.165) is 22.0 Å². The number of thiocarbonyl (C=S) groups is 1. The van der Waals surface area contributed by atoms with Crippen LogP contribution in [0.1, 0.15) is 24.2 Å². The predicted molar refractivity (Wildman–Crippen MR) is 102 cm³/mol. The van der Waals surface area contributed by atoms with Crippen LogP contribution in [0.25, 0.3) is 0 Å². The van der Waals surface area contributed by atoms with Gasteiger partial charge in [-0.2, -0.15) is 0 Å². The number of aromatic nitrogens is 1. The normalized spacial score (nSPS) is 11.8. The van der Waals surface area contributed by atoms with Gasteiger partial charge in [-0.25, -0.2) is 4.98 Å². The van der Waals surface area contributed by atoms with Crippen LogP contribution in [0.3, 0.4) is 0 Å². The highest BCUT2D eigenvalue weighted by atomic mass is 35.5. The first kappa shape index (κ1) is 18.6. The van der Waals surface area contributed by atoms with Crippen molar-refractivity contribution in [1.82, 2.24) is 4.90 Å². The van der Waals surface area contributed by atoms with E-state index in [9.17, 15) is 0 Å². The van der Waals surface area contributed by atoms with Crippen molar-refractivity contribution in [3.05, 3.63) is 58.9 Å². The molecule has 2 rings (SSSR count). The number of H-pyrrole nitrogens is 1. The van der Waals surface area contributed by atoms with Crippen molar-refractivity contribution < 1.29 is 9.72 Å². The molecule has 1 unspecified atom stereocenters. The van der Waals surface area contributed by atoms with Crippen LogP contribution in [0.5, 0.6) is 0 Å². The van der Waals surface area contributed by atoms with E-state index in [1.54, 1.807) is 7.11 Å². The molecule has 0 aliphatic carbocycles. The summed E-state index contributed by atoms with van der Waals surface area (Å²) in [5, 5.41) is 4.67. The summed E-state index contributed by atoms with van der Waals surface area (Å²) in [5.41, 5.74) is 2.98. The molecule has 2 aromatic rings. The molecule has 0 aliphatic heterocycles. The molecular formula is C18H23ClN3OS+. The smallest absolute Gasteiger partial charge is 0.202 e. The van der Waals surface area contributed by atoms with E-state index in [2.05, 4.69) is 28.2 Å². The van der Waals surface area contributed by atoms with Gasteiger partial charge >= 0.3 is 0 Å². The number of rotatable bonds is 6. The summed E-state index contributed by atoms with van der Waals surface area (Å²) in [6.45, 7) is 5.36. The van der Waals surface area contributed by atoms with Crippen LogP contribution >= 0.6 is 23.8 Å². The van der Waals surface area contributed by atoms with Crippen molar-refractivity contribution in [2.45, 2.75) is 19.9 Å². The van der Waals surface area contributed by atoms with Gasteiger partial charge < -0.3 is 15.0 Å². The Bertz CT molecular complexity index is 681. The number of aromatic amines is 1. The standard InChI is InChI=1S/C18H22ClN3OS/c1-13-15(19)7-6-9-16(13)21-18(24)22(11-12-23-3)14(2)17-8-4-5-10-20-17/h4-10,14H,11-12H2,1-3H3,(H,21,24)/p+1. The average molecular weight is 365 g/mol. The van der Waals surface area contributed by atoms with Crippen molar-refractivity contribution in [3.8, 4) is 0 Å². The largest absolute Gasteiger partial charge is 0.383 e. The molecule has 0 fully saturated rings. The van der Waals surface area contributed by atoms with Gasteiger partial charge in [0.05, 0.1) is 6.61 Å². The molecule has 2 N–H and O–H groups in total. The first-order chi connectivity index (χ1) is 11.5. The average Bonchev–Trinajstić information content (AvgIpc) is 2.60. The van der Waals surface area contributed by atoms with Gasteiger partial charge in [0.2, 0.25) is 5.69 Å². The third-order valence-electron chi connectivity index (χ3n) is 3.96. The molecule has 1 atom stereocenters. The van der Waals surface area contributed by atoms with Gasteiger partial charge in [0, 0.05) is 36.5 Å². The molecule has 6 heteroatoms. The molecular weight excluding hydrogens is 342 g/mol. The Balaban J connectivity index is 2.20. The van der Waals surface area contributed by atoms with Crippen molar-refractivity contribution in [2.24, 2.45) is 0 Å². The summed E-state index contributed by atoms with van der Waals surface area (Å²) in [5.74, 6) is 0. The highest BCUT2D eigenvalue weighted by Crippen LogP contribution is 2.24. The Hall–Kier alpha value is -1.69. The highest BCUT2D eigenvalue weighted by molar-refractivity contribution is 7.80. The molecule has 0 saturated carbocycles. The van der Waals surface area contributed by atoms with Gasteiger partial charge in [-0.1, -0.05) is 23.7 Å². The van der Waals surface area contributed by atoms with Crippen LogP contribution in [-0.2, 0) is 4.74 Å². The third kappa shape index (κ3) is 4.66. The number of methoxy groups -OCH3 is 1. The molecule has 128 valence electrons. The first-order valence-corrected chi connectivity index (χ1v) is 8.61. The highest BCUT2D eigenvalue weighted by Gasteiger charge is 2.23. The van der Waals surface area contributed by atoms with E-state index in [4.69, 9.17) is 28.6 Å². The fourth-order valence-electron chi connectivity index (χ4n) is 2.43. The minimum Gasteiger partial charge on any atom is -0.383 e. The van der Waals surface area contributed by atoms with E-state index in [1.807, 2.05) is 43.5 Å². The molecule has 4 nitrogen and oxygen atoms in total. The van der Waals surface area contributed by atoms with Gasteiger partial charge in [-0.3, -0.25) is 0 Å². The lowest BCUT2D eigenvalue weighted by molar-refractivity contribution is -0.395. The van der Waals surface area contributed by atoms with Crippen LogP contribution in [0.2, 0.25) is 5.02 Å². The topological polar surface area (TPSA) is 38.6 Å². The molecule has 1 heterocycles. The van der Waals surface area contributed by atoms with E-state index in [0.29, 0.717) is 18.3 Å². The van der Waals surface area contributed by atoms with Gasteiger partial charge in [0.15, 0.2) is 11.3 Å². The lowest BCUT2D eigenvalue weighted by Crippen LogP contribution is -2.40. The number of halogens is 1. The van der Waals surface area contributed by atoms with Crippen LogP contribution in [0.4, 0.5) is 5.69 Å². The summed E-state index contributed by atoms with van der Waals surface area (Å²) in [7, 11) is 1.69. The molecule has 0 saturated heterocycles. The number of nitrogens with one attached hydrogen (secondary N) is 2. The Morgan fingerprint density at radius 3 is 2.79 bits per heavy atom. The lowest BCUT2D eigenvalue weighted by atomic mass is 10.2. The van der Waals surface area contributed by atoms with Gasteiger partial charge in [0.1, 0.15) is 6.04 Å². The maximum Gasteiger partial charge on any atom is 0.202 e.